The molecule has 0 saturated carbocycles. The van der Waals surface area contributed by atoms with Gasteiger partial charge in [0, 0.05) is 16.4 Å². The van der Waals surface area contributed by atoms with Crippen molar-refractivity contribution < 1.29 is 0 Å². The van der Waals surface area contributed by atoms with Gasteiger partial charge in [0.05, 0.1) is 0 Å². The monoisotopic (exact) mass is 209 g/mol. The third-order valence-corrected chi connectivity index (χ3v) is 2.63. The molecule has 1 aromatic rings. The van der Waals surface area contributed by atoms with Crippen LogP contribution in [0.1, 0.15) is 16.8 Å². The number of fused-ring (bicyclic) bond motifs is 1. The summed E-state index contributed by atoms with van der Waals surface area (Å²) in [6.45, 7) is 2.05. The van der Waals surface area contributed by atoms with Crippen LogP contribution in [0, 0.1) is 6.92 Å². The Bertz CT molecular complexity index is 329. The van der Waals surface area contributed by atoms with E-state index in [1.165, 1.54) is 11.1 Å². The van der Waals surface area contributed by atoms with Gasteiger partial charge in [-0.15, -0.1) is 0 Å². The van der Waals surface area contributed by atoms with Gasteiger partial charge >= 0.3 is 0 Å². The first-order chi connectivity index (χ1) is 5.29. The third-order valence-electron chi connectivity index (χ3n) is 2.00. The molecule has 0 amide bonds. The predicted octanol–water partition coefficient (Wildman–Crippen LogP) is 2.72. The summed E-state index contributed by atoms with van der Waals surface area (Å²) in [6, 6.07) is 0. The van der Waals surface area contributed by atoms with Crippen molar-refractivity contribution in [2.24, 2.45) is 0 Å². The number of nitrogens with zero attached hydrogens (tertiary/aromatic N) is 1. The summed E-state index contributed by atoms with van der Waals surface area (Å²) in [5.41, 5.74) is 3.81. The molecule has 1 nitrogen and oxygen atoms in total. The Labute approximate surface area is 74.3 Å². The minimum absolute atomic E-state index is 1.04. The number of aryl methyl sites for hydroxylation is 1. The Hall–Kier alpha value is -0.630. The average Bonchev–Trinajstić information content (AvgIpc) is 2.45. The molecule has 1 aromatic heterocycles. The molecule has 0 aliphatic heterocycles. The van der Waals surface area contributed by atoms with Crippen LogP contribution in [-0.2, 0) is 6.42 Å². The van der Waals surface area contributed by atoms with Gasteiger partial charge in [0.2, 0.25) is 0 Å². The van der Waals surface area contributed by atoms with E-state index in [1.54, 1.807) is 0 Å². The minimum atomic E-state index is 1.04. The maximum atomic E-state index is 4.26. The smallest absolute Gasteiger partial charge is 0.0434 e. The van der Waals surface area contributed by atoms with Crippen molar-refractivity contribution in [2.45, 2.75) is 13.3 Å². The molecule has 56 valence electrons. The topological polar surface area (TPSA) is 12.9 Å². The van der Waals surface area contributed by atoms with Crippen molar-refractivity contribution in [1.29, 1.82) is 0 Å². The average molecular weight is 210 g/mol. The zero-order chi connectivity index (χ0) is 7.84. The second-order valence-electron chi connectivity index (χ2n) is 2.69. The molecule has 0 aromatic carbocycles. The predicted molar refractivity (Wildman–Crippen MR) is 49.4 cm³/mol. The second kappa shape index (κ2) is 2.45. The maximum absolute atomic E-state index is 4.26. The van der Waals surface area contributed by atoms with Crippen LogP contribution >= 0.6 is 15.9 Å². The van der Waals surface area contributed by atoms with Crippen molar-refractivity contribution in [3.8, 4) is 0 Å². The molecule has 11 heavy (non-hydrogen) atoms. The van der Waals surface area contributed by atoms with Crippen molar-refractivity contribution in [2.75, 3.05) is 0 Å². The Morgan fingerprint density at radius 3 is 3.09 bits per heavy atom. The number of hydrogen-bond acceptors (Lipinski definition) is 1. The van der Waals surface area contributed by atoms with Crippen LogP contribution < -0.4 is 0 Å². The van der Waals surface area contributed by atoms with Crippen molar-refractivity contribution >= 4 is 22.0 Å². The van der Waals surface area contributed by atoms with E-state index in [0.29, 0.717) is 0 Å². The fourth-order valence-corrected chi connectivity index (χ4v) is 1.85. The number of halogens is 1. The quantitative estimate of drug-likeness (QED) is 0.641. The lowest BCUT2D eigenvalue weighted by Gasteiger charge is -2.03. The third kappa shape index (κ3) is 1.02. The van der Waals surface area contributed by atoms with Crippen LogP contribution in [0.4, 0.5) is 0 Å². The Morgan fingerprint density at radius 1 is 1.55 bits per heavy atom. The summed E-state index contributed by atoms with van der Waals surface area (Å²) >= 11 is 3.47. The molecule has 0 spiro atoms. The van der Waals surface area contributed by atoms with Crippen molar-refractivity contribution in [3.63, 3.8) is 0 Å². The first-order valence-corrected chi connectivity index (χ1v) is 4.39. The molecule has 1 aliphatic rings. The second-order valence-corrected chi connectivity index (χ2v) is 3.54. The molecule has 0 N–H and O–H groups in total. The van der Waals surface area contributed by atoms with Gasteiger partial charge in [0.25, 0.3) is 0 Å². The molecule has 0 saturated heterocycles. The summed E-state index contributed by atoms with van der Waals surface area (Å²) in [6.07, 6.45) is 7.22. The molecular formula is C9H8BrN. The summed E-state index contributed by atoms with van der Waals surface area (Å²) in [5, 5.41) is 0. The highest BCUT2D eigenvalue weighted by Gasteiger charge is 2.11. The lowest BCUT2D eigenvalue weighted by atomic mass is 10.1. The van der Waals surface area contributed by atoms with Gasteiger partial charge in [-0.3, -0.25) is 4.98 Å². The zero-order valence-electron chi connectivity index (χ0n) is 6.26. The summed E-state index contributed by atoms with van der Waals surface area (Å²) in [5.74, 6) is 0. The standard InChI is InChI=1S/C9H8BrN/c1-6-7-3-2-4-8(7)9(10)5-11-6/h2,4-5H,3H2,1H3. The summed E-state index contributed by atoms with van der Waals surface area (Å²) in [4.78, 5) is 4.26. The SMILES string of the molecule is Cc1ncc(Br)c2c1CC=C2. The van der Waals surface area contributed by atoms with Gasteiger partial charge < -0.3 is 0 Å². The molecule has 0 bridgehead atoms. The fraction of sp³-hybridized carbons (Fsp3) is 0.222. The van der Waals surface area contributed by atoms with Crippen LogP contribution in [-0.4, -0.2) is 4.98 Å². The lowest BCUT2D eigenvalue weighted by molar-refractivity contribution is 1.10. The van der Waals surface area contributed by atoms with Crippen molar-refractivity contribution in [3.05, 3.63) is 33.6 Å². The first-order valence-electron chi connectivity index (χ1n) is 3.59. The van der Waals surface area contributed by atoms with Crippen LogP contribution in [0.15, 0.2) is 16.7 Å². The van der Waals surface area contributed by atoms with E-state index in [-0.39, 0.29) is 0 Å². The Kier molecular flexibility index (Phi) is 1.57. The molecule has 2 rings (SSSR count). The van der Waals surface area contributed by atoms with Gasteiger partial charge in [0.15, 0.2) is 0 Å². The molecule has 0 unspecified atom stereocenters. The Balaban J connectivity index is 2.71. The van der Waals surface area contributed by atoms with E-state index in [2.05, 4.69) is 40.0 Å². The van der Waals surface area contributed by atoms with Gasteiger partial charge in [-0.05, 0) is 40.4 Å². The number of pyridine rings is 1. The van der Waals surface area contributed by atoms with Gasteiger partial charge in [-0.2, -0.15) is 0 Å². The molecule has 0 atom stereocenters. The minimum Gasteiger partial charge on any atom is -0.260 e. The first kappa shape index (κ1) is 7.04. The normalized spacial score (nSPS) is 13.6. The van der Waals surface area contributed by atoms with Gasteiger partial charge in [-0.1, -0.05) is 12.2 Å². The molecule has 0 radical (unpaired) electrons. The molecular weight excluding hydrogens is 202 g/mol. The molecule has 0 fully saturated rings. The van der Waals surface area contributed by atoms with Crippen LogP contribution in [0.3, 0.4) is 0 Å². The van der Waals surface area contributed by atoms with E-state index in [0.717, 1.165) is 16.6 Å². The number of aromatic nitrogens is 1. The summed E-state index contributed by atoms with van der Waals surface area (Å²) in [7, 11) is 0. The number of rotatable bonds is 0. The van der Waals surface area contributed by atoms with Gasteiger partial charge in [-0.25, -0.2) is 0 Å². The largest absolute Gasteiger partial charge is 0.260 e. The zero-order valence-corrected chi connectivity index (χ0v) is 7.85. The van der Waals surface area contributed by atoms with Crippen LogP contribution in [0.25, 0.3) is 6.08 Å². The lowest BCUT2D eigenvalue weighted by Crippen LogP contribution is -1.91. The van der Waals surface area contributed by atoms with Crippen LogP contribution in [0.5, 0.6) is 0 Å². The highest BCUT2D eigenvalue weighted by molar-refractivity contribution is 9.10. The van der Waals surface area contributed by atoms with E-state index in [4.69, 9.17) is 0 Å². The maximum Gasteiger partial charge on any atom is 0.0434 e. The highest BCUT2D eigenvalue weighted by Crippen LogP contribution is 2.28. The molecule has 1 aliphatic carbocycles. The van der Waals surface area contributed by atoms with E-state index in [1.807, 2.05) is 6.20 Å². The molecule has 1 heterocycles. The highest BCUT2D eigenvalue weighted by atomic mass is 79.9. The number of hydrogen-bond donors (Lipinski definition) is 0. The van der Waals surface area contributed by atoms with Crippen LogP contribution in [0.2, 0.25) is 0 Å². The summed E-state index contributed by atoms with van der Waals surface area (Å²) < 4.78 is 1.10. The van der Waals surface area contributed by atoms with Crippen molar-refractivity contribution in [1.82, 2.24) is 4.98 Å². The van der Waals surface area contributed by atoms with Gasteiger partial charge in [0.1, 0.15) is 0 Å². The number of allylic oxidation sites excluding steroid dienone is 1. The van der Waals surface area contributed by atoms with E-state index >= 15 is 0 Å². The molecule has 2 heteroatoms. The van der Waals surface area contributed by atoms with E-state index < -0.39 is 0 Å². The fourth-order valence-electron chi connectivity index (χ4n) is 1.37. The van der Waals surface area contributed by atoms with E-state index in [9.17, 15) is 0 Å². The Morgan fingerprint density at radius 2 is 2.36 bits per heavy atom.